The van der Waals surface area contributed by atoms with Crippen molar-refractivity contribution < 1.29 is 64.0 Å². The Bertz CT molecular complexity index is 3460. The monoisotopic (exact) mass is 1040 g/mol. The number of aryl methyl sites for hydroxylation is 4. The van der Waals surface area contributed by atoms with Crippen molar-refractivity contribution in [3.8, 4) is 45.6 Å². The molecule has 71 heavy (non-hydrogen) atoms. The summed E-state index contributed by atoms with van der Waals surface area (Å²) in [6, 6.07) is 38.1. The van der Waals surface area contributed by atoms with E-state index in [-0.39, 0.29) is 67.3 Å². The molecule has 0 aliphatic heterocycles. The van der Waals surface area contributed by atoms with Crippen LogP contribution in [0.25, 0.3) is 33.9 Å². The van der Waals surface area contributed by atoms with Crippen LogP contribution in [0.15, 0.2) is 148 Å². The van der Waals surface area contributed by atoms with Gasteiger partial charge in [-0.15, -0.1) is 0 Å². The number of carboxylic acids is 2. The van der Waals surface area contributed by atoms with Crippen LogP contribution in [0.5, 0.6) is 11.8 Å². The Morgan fingerprint density at radius 3 is 1.34 bits per heavy atom. The van der Waals surface area contributed by atoms with Crippen molar-refractivity contribution in [3.63, 3.8) is 0 Å². The van der Waals surface area contributed by atoms with Gasteiger partial charge in [-0.1, -0.05) is 112 Å². The second-order valence-electron chi connectivity index (χ2n) is 16.3. The summed E-state index contributed by atoms with van der Waals surface area (Å²) >= 11 is -2.35. The standard InChI is InChI=1S/2C26H23N3O5S.Co/c1-16-4-8-18(9-5-16)24-22(25(30)29(28-24)19-10-6-17(2)7-11-19)15-27-23-13-12-20(35(3,33)34)14-21(23)26(31)32;1-16-3-8-19(9-4-16)24-22(25(30)29(28-24)20-10-5-17(2)6-11-20)14-27-23-12-7-18(15-35(33)34)13-21(23)26(31)32;/h4-15,30H,1-3H3,(H,31,32);3-14,30H,15H2,1-2H3,(H,31,32)(H,33,34);/p-1. The molecule has 0 aliphatic rings. The largest absolute Gasteiger partial charge is 0.772 e. The first-order chi connectivity index (χ1) is 33.3. The van der Waals surface area contributed by atoms with Crippen LogP contribution in [0.4, 0.5) is 11.4 Å². The normalized spacial score (nSPS) is 11.8. The smallest absolute Gasteiger partial charge is 0.337 e. The summed E-state index contributed by atoms with van der Waals surface area (Å²) in [5.74, 6) is -3.18. The SMILES string of the molecule is Cc1ccc(-c2nn(-c3ccc(C)cc3)c(O)c2C=Nc2ccc(CS(=O)[O-])cc2C(=O)O)cc1.Cc1ccc(-c2nn(-c3ccc(C)cc3)c(O)c2C=Nc2ccc(S(C)(=O)=O)cc2C(=O)O)cc1.[Co]. The molecule has 0 fully saturated rings. The number of hydrogen-bond donors (Lipinski definition) is 4. The molecule has 8 rings (SSSR count). The van der Waals surface area contributed by atoms with Gasteiger partial charge in [0.25, 0.3) is 0 Å². The van der Waals surface area contributed by atoms with E-state index in [4.69, 9.17) is 0 Å². The van der Waals surface area contributed by atoms with E-state index < -0.39 is 32.9 Å². The molecule has 0 saturated heterocycles. The van der Waals surface area contributed by atoms with Gasteiger partial charge in [0.1, 0.15) is 11.4 Å². The maximum atomic E-state index is 11.9. The third-order valence-corrected chi connectivity index (χ3v) is 12.5. The summed E-state index contributed by atoms with van der Waals surface area (Å²) in [4.78, 5) is 32.1. The molecule has 1 atom stereocenters. The Morgan fingerprint density at radius 1 is 0.606 bits per heavy atom. The molecule has 365 valence electrons. The number of aromatic nitrogens is 4. The van der Waals surface area contributed by atoms with Crippen LogP contribution >= 0.6 is 0 Å². The fourth-order valence-corrected chi connectivity index (χ4v) is 8.15. The van der Waals surface area contributed by atoms with Crippen LogP contribution in [0.1, 0.15) is 59.7 Å². The van der Waals surface area contributed by atoms with Crippen molar-refractivity contribution in [1.82, 2.24) is 19.6 Å². The van der Waals surface area contributed by atoms with Crippen LogP contribution in [0.2, 0.25) is 0 Å². The number of nitrogens with zero attached hydrogens (tertiary/aromatic N) is 6. The summed E-state index contributed by atoms with van der Waals surface area (Å²) in [5, 5.41) is 50.6. The molecule has 19 heteroatoms. The zero-order chi connectivity index (χ0) is 50.4. The average molecular weight is 1040 g/mol. The Morgan fingerprint density at radius 2 is 0.972 bits per heavy atom. The summed E-state index contributed by atoms with van der Waals surface area (Å²) < 4.78 is 48.5. The maximum Gasteiger partial charge on any atom is 0.337 e. The van der Waals surface area contributed by atoms with Gasteiger partial charge in [-0.25, -0.2) is 27.4 Å². The van der Waals surface area contributed by atoms with Crippen LogP contribution in [0.3, 0.4) is 0 Å². The predicted molar refractivity (Wildman–Crippen MR) is 267 cm³/mol. The first kappa shape index (κ1) is 52.6. The van der Waals surface area contributed by atoms with Crippen molar-refractivity contribution in [2.24, 2.45) is 9.98 Å². The summed E-state index contributed by atoms with van der Waals surface area (Å²) in [5.41, 5.74) is 8.65. The van der Waals surface area contributed by atoms with Crippen molar-refractivity contribution >= 4 is 56.7 Å². The third kappa shape index (κ3) is 12.5. The van der Waals surface area contributed by atoms with E-state index in [9.17, 15) is 47.2 Å². The molecule has 8 aromatic rings. The molecule has 2 heterocycles. The van der Waals surface area contributed by atoms with Gasteiger partial charge in [-0.05, 0) is 87.9 Å². The molecular weight excluding hydrogens is 992 g/mol. The molecule has 0 saturated carbocycles. The van der Waals surface area contributed by atoms with Crippen molar-refractivity contribution in [2.45, 2.75) is 38.3 Å². The Kier molecular flexibility index (Phi) is 16.5. The number of aliphatic imine (C=N–C) groups is 2. The molecule has 1 unspecified atom stereocenters. The summed E-state index contributed by atoms with van der Waals surface area (Å²) in [6.07, 6.45) is 3.71. The summed E-state index contributed by atoms with van der Waals surface area (Å²) in [7, 11) is -3.59. The fraction of sp³-hybridized carbons (Fsp3) is 0.115. The molecule has 4 N–H and O–H groups in total. The zero-order valence-electron chi connectivity index (χ0n) is 38.6. The molecule has 1 radical (unpaired) electrons. The maximum absolute atomic E-state index is 11.9. The predicted octanol–water partition coefficient (Wildman–Crippen LogP) is 9.40. The van der Waals surface area contributed by atoms with Crippen LogP contribution in [-0.2, 0) is 43.4 Å². The van der Waals surface area contributed by atoms with Gasteiger partial charge < -0.3 is 25.0 Å². The van der Waals surface area contributed by atoms with E-state index >= 15 is 0 Å². The molecule has 0 bridgehead atoms. The van der Waals surface area contributed by atoms with E-state index in [1.165, 1.54) is 52.1 Å². The Labute approximate surface area is 421 Å². The molecule has 0 aliphatic carbocycles. The number of hydrogen-bond acceptors (Lipinski definition) is 12. The van der Waals surface area contributed by atoms with Gasteiger partial charge in [0.15, 0.2) is 9.84 Å². The molecule has 16 nitrogen and oxygen atoms in total. The molecule has 6 aromatic carbocycles. The van der Waals surface area contributed by atoms with E-state index in [1.54, 1.807) is 0 Å². The van der Waals surface area contributed by atoms with Gasteiger partial charge in [0.2, 0.25) is 11.8 Å². The van der Waals surface area contributed by atoms with Crippen LogP contribution in [0, 0.1) is 27.7 Å². The number of aromatic hydroxyl groups is 2. The Hall–Kier alpha value is -7.81. The number of rotatable bonds is 13. The van der Waals surface area contributed by atoms with Gasteiger partial charge in [-0.3, -0.25) is 14.2 Å². The second-order valence-corrected chi connectivity index (χ2v) is 19.2. The van der Waals surface area contributed by atoms with E-state index in [2.05, 4.69) is 20.2 Å². The summed E-state index contributed by atoms with van der Waals surface area (Å²) in [6.45, 7) is 7.84. The van der Waals surface area contributed by atoms with Gasteiger partial charge >= 0.3 is 11.9 Å². The quantitative estimate of drug-likeness (QED) is 0.0623. The minimum Gasteiger partial charge on any atom is -0.772 e. The van der Waals surface area contributed by atoms with Crippen molar-refractivity contribution in [3.05, 3.63) is 184 Å². The van der Waals surface area contributed by atoms with Crippen molar-refractivity contribution in [1.29, 1.82) is 0 Å². The minimum absolute atomic E-state index is 0. The third-order valence-electron chi connectivity index (χ3n) is 10.9. The Balaban J connectivity index is 0.000000229. The number of benzene rings is 6. The van der Waals surface area contributed by atoms with Gasteiger partial charge in [-0.2, -0.15) is 10.2 Å². The number of carbonyl (C=O) groups is 2. The number of aromatic carboxylic acids is 2. The fourth-order valence-electron chi connectivity index (χ4n) is 7.05. The average Bonchev–Trinajstić information content (AvgIpc) is 3.83. The van der Waals surface area contributed by atoms with E-state index in [0.717, 1.165) is 45.7 Å². The van der Waals surface area contributed by atoms with Crippen LogP contribution in [-0.4, -0.2) is 87.8 Å². The van der Waals surface area contributed by atoms with Gasteiger partial charge in [0, 0.05) is 52.3 Å². The van der Waals surface area contributed by atoms with Gasteiger partial charge in [0.05, 0.1) is 49.9 Å². The van der Waals surface area contributed by atoms with Crippen LogP contribution < -0.4 is 0 Å². The first-order valence-corrected chi connectivity index (χ1v) is 24.4. The van der Waals surface area contributed by atoms with Crippen molar-refractivity contribution in [2.75, 3.05) is 6.26 Å². The minimum atomic E-state index is -3.59. The molecule has 0 amide bonds. The molecule has 0 spiro atoms. The number of sulfone groups is 1. The topological polar surface area (TPSA) is 250 Å². The number of carboxylic acid groups (broad SMARTS) is 2. The zero-order valence-corrected chi connectivity index (χ0v) is 41.3. The second kappa shape index (κ2) is 22.3. The van der Waals surface area contributed by atoms with E-state index in [1.807, 2.05) is 125 Å². The molecular formula is C52H45CoN6O10S2-. The first-order valence-electron chi connectivity index (χ1n) is 21.3. The van der Waals surface area contributed by atoms with E-state index in [0.29, 0.717) is 33.9 Å². The molecule has 2 aromatic heterocycles.